The fourth-order valence-electron chi connectivity index (χ4n) is 1.78. The van der Waals surface area contributed by atoms with E-state index in [1.165, 1.54) is 0 Å². The van der Waals surface area contributed by atoms with Crippen molar-refractivity contribution in [3.8, 4) is 12.3 Å². The van der Waals surface area contributed by atoms with Crippen molar-refractivity contribution in [1.29, 1.82) is 0 Å². The standard InChI is InChI=1S/C15H12N2O4/c1-2-7-16-14(19)9-21-15(20)11-8-13(18)17-12-6-4-3-5-10(11)12/h1,3-6,8H,7,9H2,(H,16,19)(H,17,18). The Labute approximate surface area is 120 Å². The van der Waals surface area contributed by atoms with E-state index < -0.39 is 24.0 Å². The summed E-state index contributed by atoms with van der Waals surface area (Å²) in [5.41, 5.74) is 0.213. The van der Waals surface area contributed by atoms with Crippen molar-refractivity contribution in [3.05, 3.63) is 46.2 Å². The molecule has 1 aromatic heterocycles. The number of nitrogens with one attached hydrogen (secondary N) is 2. The number of pyridine rings is 1. The maximum Gasteiger partial charge on any atom is 0.339 e. The van der Waals surface area contributed by atoms with Crippen LogP contribution in [0.1, 0.15) is 10.4 Å². The van der Waals surface area contributed by atoms with Gasteiger partial charge in [0.05, 0.1) is 12.1 Å². The van der Waals surface area contributed by atoms with E-state index in [0.29, 0.717) is 10.9 Å². The molecule has 0 aliphatic rings. The molecule has 6 nitrogen and oxygen atoms in total. The van der Waals surface area contributed by atoms with Gasteiger partial charge in [-0.1, -0.05) is 24.1 Å². The third kappa shape index (κ3) is 3.48. The molecule has 2 rings (SSSR count). The number of carbonyl (C=O) groups is 2. The van der Waals surface area contributed by atoms with Gasteiger partial charge in [-0.15, -0.1) is 6.42 Å². The molecule has 0 aliphatic carbocycles. The summed E-state index contributed by atoms with van der Waals surface area (Å²) in [6, 6.07) is 7.97. The molecule has 1 heterocycles. The number of ether oxygens (including phenoxy) is 1. The number of fused-ring (bicyclic) bond motifs is 1. The number of aromatic amines is 1. The molecule has 0 bridgehead atoms. The summed E-state index contributed by atoms with van der Waals surface area (Å²) < 4.78 is 4.88. The van der Waals surface area contributed by atoms with E-state index >= 15 is 0 Å². The molecule has 1 aromatic carbocycles. The second-order valence-electron chi connectivity index (χ2n) is 4.15. The Morgan fingerprint density at radius 3 is 2.86 bits per heavy atom. The molecule has 106 valence electrons. The van der Waals surface area contributed by atoms with E-state index in [1.54, 1.807) is 24.3 Å². The Morgan fingerprint density at radius 1 is 1.33 bits per heavy atom. The van der Waals surface area contributed by atoms with E-state index in [2.05, 4.69) is 16.2 Å². The molecule has 0 unspecified atom stereocenters. The number of esters is 1. The van der Waals surface area contributed by atoms with Crippen LogP contribution in [0.25, 0.3) is 10.9 Å². The summed E-state index contributed by atoms with van der Waals surface area (Å²) in [7, 11) is 0. The minimum Gasteiger partial charge on any atom is -0.452 e. The van der Waals surface area contributed by atoms with Gasteiger partial charge < -0.3 is 15.0 Å². The minimum absolute atomic E-state index is 0.0598. The van der Waals surface area contributed by atoms with E-state index in [1.807, 2.05) is 0 Å². The zero-order chi connectivity index (χ0) is 15.2. The first-order valence-corrected chi connectivity index (χ1v) is 6.11. The highest BCUT2D eigenvalue weighted by Crippen LogP contribution is 2.15. The van der Waals surface area contributed by atoms with Crippen LogP contribution in [-0.4, -0.2) is 30.0 Å². The van der Waals surface area contributed by atoms with Crippen LogP contribution in [0.5, 0.6) is 0 Å². The number of carbonyl (C=O) groups excluding carboxylic acids is 2. The molecular formula is C15H12N2O4. The number of terminal acetylenes is 1. The van der Waals surface area contributed by atoms with Crippen molar-refractivity contribution in [2.24, 2.45) is 0 Å². The summed E-state index contributed by atoms with van der Waals surface area (Å²) in [4.78, 5) is 37.4. The van der Waals surface area contributed by atoms with Gasteiger partial charge in [0.2, 0.25) is 5.56 Å². The van der Waals surface area contributed by atoms with Crippen LogP contribution in [0.2, 0.25) is 0 Å². The predicted octanol–water partition coefficient (Wildman–Crippen LogP) is 0.434. The van der Waals surface area contributed by atoms with Crippen molar-refractivity contribution in [2.75, 3.05) is 13.2 Å². The molecular weight excluding hydrogens is 272 g/mol. The van der Waals surface area contributed by atoms with Crippen molar-refractivity contribution in [2.45, 2.75) is 0 Å². The van der Waals surface area contributed by atoms with Gasteiger partial charge in [-0.05, 0) is 6.07 Å². The molecule has 0 atom stereocenters. The molecule has 0 spiro atoms. The van der Waals surface area contributed by atoms with Crippen LogP contribution in [0.4, 0.5) is 0 Å². The number of hydrogen-bond donors (Lipinski definition) is 2. The highest BCUT2D eigenvalue weighted by Gasteiger charge is 2.14. The van der Waals surface area contributed by atoms with Crippen LogP contribution < -0.4 is 10.9 Å². The third-order valence-electron chi connectivity index (χ3n) is 2.69. The zero-order valence-corrected chi connectivity index (χ0v) is 11.0. The quantitative estimate of drug-likeness (QED) is 0.629. The highest BCUT2D eigenvalue weighted by atomic mass is 16.5. The average molecular weight is 284 g/mol. The molecule has 0 aliphatic heterocycles. The number of benzene rings is 1. The zero-order valence-electron chi connectivity index (χ0n) is 11.0. The largest absolute Gasteiger partial charge is 0.452 e. The Balaban J connectivity index is 2.18. The lowest BCUT2D eigenvalue weighted by Gasteiger charge is -2.07. The smallest absolute Gasteiger partial charge is 0.339 e. The normalized spacial score (nSPS) is 9.86. The van der Waals surface area contributed by atoms with Crippen molar-refractivity contribution in [1.82, 2.24) is 10.3 Å². The summed E-state index contributed by atoms with van der Waals surface area (Å²) in [5, 5.41) is 2.91. The van der Waals surface area contributed by atoms with E-state index in [-0.39, 0.29) is 12.1 Å². The van der Waals surface area contributed by atoms with Gasteiger partial charge in [-0.2, -0.15) is 0 Å². The van der Waals surface area contributed by atoms with E-state index in [9.17, 15) is 14.4 Å². The lowest BCUT2D eigenvalue weighted by molar-refractivity contribution is -0.123. The van der Waals surface area contributed by atoms with Gasteiger partial charge >= 0.3 is 5.97 Å². The Morgan fingerprint density at radius 2 is 2.10 bits per heavy atom. The predicted molar refractivity (Wildman–Crippen MR) is 76.7 cm³/mol. The number of amides is 1. The number of H-pyrrole nitrogens is 1. The second kappa shape index (κ2) is 6.39. The molecule has 2 aromatic rings. The van der Waals surface area contributed by atoms with Gasteiger partial charge in [0.15, 0.2) is 6.61 Å². The van der Waals surface area contributed by atoms with E-state index in [0.717, 1.165) is 6.07 Å². The number of aromatic nitrogens is 1. The van der Waals surface area contributed by atoms with Gasteiger partial charge in [0, 0.05) is 17.0 Å². The monoisotopic (exact) mass is 284 g/mol. The molecule has 1 amide bonds. The average Bonchev–Trinajstić information content (AvgIpc) is 2.49. The first kappa shape index (κ1) is 14.3. The van der Waals surface area contributed by atoms with Crippen LogP contribution in [0.15, 0.2) is 35.1 Å². The molecule has 0 fully saturated rings. The van der Waals surface area contributed by atoms with Crippen molar-refractivity contribution < 1.29 is 14.3 Å². The Bertz CT molecular complexity index is 786. The van der Waals surface area contributed by atoms with Gasteiger partial charge in [0.25, 0.3) is 5.91 Å². The summed E-state index contributed by atoms with van der Waals surface area (Å²) >= 11 is 0. The van der Waals surface area contributed by atoms with Gasteiger partial charge in [-0.25, -0.2) is 4.79 Å². The van der Waals surface area contributed by atoms with Crippen molar-refractivity contribution >= 4 is 22.8 Å². The summed E-state index contributed by atoms with van der Waals surface area (Å²) in [6.45, 7) is -0.397. The lowest BCUT2D eigenvalue weighted by atomic mass is 10.1. The second-order valence-corrected chi connectivity index (χ2v) is 4.15. The summed E-state index contributed by atoms with van der Waals surface area (Å²) in [5.74, 6) is 0.985. The summed E-state index contributed by atoms with van der Waals surface area (Å²) in [6.07, 6.45) is 4.99. The molecule has 6 heteroatoms. The van der Waals surface area contributed by atoms with E-state index in [4.69, 9.17) is 11.2 Å². The molecule has 0 saturated heterocycles. The lowest BCUT2D eigenvalue weighted by Crippen LogP contribution is -2.29. The van der Waals surface area contributed by atoms with Crippen LogP contribution in [-0.2, 0) is 9.53 Å². The fraction of sp³-hybridized carbons (Fsp3) is 0.133. The maximum absolute atomic E-state index is 12.0. The van der Waals surface area contributed by atoms with Crippen LogP contribution in [0, 0.1) is 12.3 Å². The van der Waals surface area contributed by atoms with Crippen LogP contribution >= 0.6 is 0 Å². The molecule has 0 radical (unpaired) electrons. The SMILES string of the molecule is C#CCNC(=O)COC(=O)c1cc(=O)[nH]c2ccccc12. The van der Waals surface area contributed by atoms with Gasteiger partial charge in [-0.3, -0.25) is 9.59 Å². The topological polar surface area (TPSA) is 88.3 Å². The molecule has 2 N–H and O–H groups in total. The number of hydrogen-bond acceptors (Lipinski definition) is 4. The first-order chi connectivity index (χ1) is 10.1. The highest BCUT2D eigenvalue weighted by molar-refractivity contribution is 6.03. The van der Waals surface area contributed by atoms with Crippen LogP contribution in [0.3, 0.4) is 0 Å². The first-order valence-electron chi connectivity index (χ1n) is 6.11. The maximum atomic E-state index is 12.0. The molecule has 21 heavy (non-hydrogen) atoms. The van der Waals surface area contributed by atoms with Crippen molar-refractivity contribution in [3.63, 3.8) is 0 Å². The Hall–Kier alpha value is -3.07. The van der Waals surface area contributed by atoms with Gasteiger partial charge in [0.1, 0.15) is 0 Å². The number of para-hydroxylation sites is 1. The molecule has 0 saturated carbocycles. The Kier molecular flexibility index (Phi) is 4.36. The third-order valence-corrected chi connectivity index (χ3v) is 2.69. The minimum atomic E-state index is -0.742. The fourth-order valence-corrected chi connectivity index (χ4v) is 1.78. The number of rotatable bonds is 4.